The van der Waals surface area contributed by atoms with Crippen LogP contribution in [0.4, 0.5) is 5.69 Å². The third-order valence-corrected chi connectivity index (χ3v) is 4.32. The Morgan fingerprint density at radius 2 is 1.95 bits per heavy atom. The summed E-state index contributed by atoms with van der Waals surface area (Å²) >= 11 is 1.67. The van der Waals surface area contributed by atoms with Gasteiger partial charge in [0, 0.05) is 28.9 Å². The van der Waals surface area contributed by atoms with E-state index in [4.69, 9.17) is 0 Å². The first-order chi connectivity index (χ1) is 10.2. The van der Waals surface area contributed by atoms with Gasteiger partial charge in [-0.25, -0.2) is 4.98 Å². The molecule has 0 spiro atoms. The van der Waals surface area contributed by atoms with Crippen molar-refractivity contribution in [2.75, 3.05) is 11.9 Å². The van der Waals surface area contributed by atoms with E-state index in [0.29, 0.717) is 5.56 Å². The third-order valence-electron chi connectivity index (χ3n) is 3.50. The zero-order chi connectivity index (χ0) is 14.8. The molecule has 104 valence electrons. The molecule has 0 aliphatic carbocycles. The summed E-state index contributed by atoms with van der Waals surface area (Å²) in [4.78, 5) is 6.69. The first kappa shape index (κ1) is 13.6. The summed E-state index contributed by atoms with van der Waals surface area (Å²) in [5, 5.41) is 14.5. The highest BCUT2D eigenvalue weighted by Gasteiger charge is 2.10. The van der Waals surface area contributed by atoms with Crippen LogP contribution in [0.25, 0.3) is 10.8 Å². The maximum Gasteiger partial charge on any atom is 0.0998 e. The number of fused-ring (bicyclic) bond motifs is 1. The normalized spacial score (nSPS) is 10.5. The average molecular weight is 293 g/mol. The van der Waals surface area contributed by atoms with Crippen molar-refractivity contribution in [2.24, 2.45) is 0 Å². The molecule has 3 nitrogen and oxygen atoms in total. The zero-order valence-corrected chi connectivity index (χ0v) is 12.8. The molecule has 4 heteroatoms. The molecule has 21 heavy (non-hydrogen) atoms. The number of nitriles is 1. The molecule has 0 aliphatic heterocycles. The first-order valence-electron chi connectivity index (χ1n) is 6.73. The summed E-state index contributed by atoms with van der Waals surface area (Å²) in [6.07, 6.45) is 0. The quantitative estimate of drug-likeness (QED) is 0.729. The van der Waals surface area contributed by atoms with Gasteiger partial charge in [0.25, 0.3) is 0 Å². The highest BCUT2D eigenvalue weighted by Crippen LogP contribution is 2.29. The van der Waals surface area contributed by atoms with Crippen LogP contribution in [-0.2, 0) is 6.54 Å². The van der Waals surface area contributed by atoms with Gasteiger partial charge in [-0.1, -0.05) is 24.3 Å². The van der Waals surface area contributed by atoms with Gasteiger partial charge in [-0.15, -0.1) is 11.3 Å². The zero-order valence-electron chi connectivity index (χ0n) is 12.0. The number of rotatable bonds is 3. The van der Waals surface area contributed by atoms with Gasteiger partial charge in [-0.2, -0.15) is 5.26 Å². The van der Waals surface area contributed by atoms with Crippen LogP contribution in [0.1, 0.15) is 16.3 Å². The number of nitrogens with zero attached hydrogens (tertiary/aromatic N) is 3. The Morgan fingerprint density at radius 3 is 2.62 bits per heavy atom. The Hall–Kier alpha value is -2.38. The van der Waals surface area contributed by atoms with E-state index in [0.717, 1.165) is 33.7 Å². The van der Waals surface area contributed by atoms with Gasteiger partial charge in [-0.3, -0.25) is 0 Å². The SMILES string of the molecule is Cc1nc(CN(C)c2ccc(C#N)c3ccccc23)cs1. The topological polar surface area (TPSA) is 39.9 Å². The van der Waals surface area contributed by atoms with Crippen molar-refractivity contribution in [1.29, 1.82) is 5.26 Å². The molecular weight excluding hydrogens is 278 g/mol. The standard InChI is InChI=1S/C17H15N3S/c1-12-19-14(11-21-12)10-20(2)17-8-7-13(9-18)15-5-3-4-6-16(15)17/h3-8,11H,10H2,1-2H3. The predicted molar refractivity (Wildman–Crippen MR) is 87.6 cm³/mol. The minimum Gasteiger partial charge on any atom is -0.368 e. The van der Waals surface area contributed by atoms with Crippen LogP contribution in [-0.4, -0.2) is 12.0 Å². The summed E-state index contributed by atoms with van der Waals surface area (Å²) in [6, 6.07) is 14.2. The van der Waals surface area contributed by atoms with E-state index < -0.39 is 0 Å². The minimum absolute atomic E-state index is 0.715. The molecule has 3 rings (SSSR count). The largest absolute Gasteiger partial charge is 0.368 e. The maximum absolute atomic E-state index is 9.23. The van der Waals surface area contributed by atoms with Gasteiger partial charge in [0.1, 0.15) is 0 Å². The second-order valence-corrected chi connectivity index (χ2v) is 6.07. The van der Waals surface area contributed by atoms with Gasteiger partial charge in [0.2, 0.25) is 0 Å². The van der Waals surface area contributed by atoms with E-state index in [1.165, 1.54) is 0 Å². The fraction of sp³-hybridized carbons (Fsp3) is 0.176. The fourth-order valence-electron chi connectivity index (χ4n) is 2.52. The Balaban J connectivity index is 2.02. The maximum atomic E-state index is 9.23. The van der Waals surface area contributed by atoms with E-state index >= 15 is 0 Å². The molecule has 0 unspecified atom stereocenters. The van der Waals surface area contributed by atoms with Crippen molar-refractivity contribution in [3.63, 3.8) is 0 Å². The van der Waals surface area contributed by atoms with Gasteiger partial charge in [-0.05, 0) is 19.1 Å². The molecule has 1 aromatic heterocycles. The number of benzene rings is 2. The van der Waals surface area contributed by atoms with Gasteiger partial charge >= 0.3 is 0 Å². The van der Waals surface area contributed by atoms with Crippen LogP contribution in [0.15, 0.2) is 41.8 Å². The third kappa shape index (κ3) is 2.61. The first-order valence-corrected chi connectivity index (χ1v) is 7.61. The van der Waals surface area contributed by atoms with E-state index in [9.17, 15) is 5.26 Å². The summed E-state index contributed by atoms with van der Waals surface area (Å²) < 4.78 is 0. The molecule has 0 fully saturated rings. The molecule has 1 heterocycles. The highest BCUT2D eigenvalue weighted by molar-refractivity contribution is 7.09. The van der Waals surface area contributed by atoms with Crippen molar-refractivity contribution in [1.82, 2.24) is 4.98 Å². The lowest BCUT2D eigenvalue weighted by atomic mass is 10.0. The Kier molecular flexibility index (Phi) is 3.59. The number of hydrogen-bond acceptors (Lipinski definition) is 4. The minimum atomic E-state index is 0.715. The van der Waals surface area contributed by atoms with Gasteiger partial charge < -0.3 is 4.90 Å². The van der Waals surface area contributed by atoms with Crippen molar-refractivity contribution >= 4 is 27.8 Å². The molecule has 0 aliphatic rings. The van der Waals surface area contributed by atoms with Gasteiger partial charge in [0.15, 0.2) is 0 Å². The van der Waals surface area contributed by atoms with Crippen LogP contribution in [0.2, 0.25) is 0 Å². The van der Waals surface area contributed by atoms with Crippen LogP contribution < -0.4 is 4.90 Å². The molecule has 0 radical (unpaired) electrons. The van der Waals surface area contributed by atoms with E-state index in [2.05, 4.69) is 34.4 Å². The lowest BCUT2D eigenvalue weighted by molar-refractivity contribution is 0.894. The van der Waals surface area contributed by atoms with E-state index in [1.54, 1.807) is 11.3 Å². The number of anilines is 1. The van der Waals surface area contributed by atoms with Crippen LogP contribution in [0.3, 0.4) is 0 Å². The van der Waals surface area contributed by atoms with Crippen molar-refractivity contribution in [3.05, 3.63) is 58.0 Å². The lowest BCUT2D eigenvalue weighted by Crippen LogP contribution is -2.17. The Labute approximate surface area is 128 Å². The molecule has 0 amide bonds. The van der Waals surface area contributed by atoms with Crippen LogP contribution in [0, 0.1) is 18.3 Å². The Morgan fingerprint density at radius 1 is 1.19 bits per heavy atom. The van der Waals surface area contributed by atoms with E-state index in [1.807, 2.05) is 37.3 Å². The van der Waals surface area contributed by atoms with Crippen LogP contribution in [0.5, 0.6) is 0 Å². The molecular formula is C17H15N3S. The molecule has 3 aromatic rings. The molecule has 2 aromatic carbocycles. The van der Waals surface area contributed by atoms with Crippen molar-refractivity contribution in [3.8, 4) is 6.07 Å². The Bertz CT molecular complexity index is 829. The van der Waals surface area contributed by atoms with Crippen molar-refractivity contribution in [2.45, 2.75) is 13.5 Å². The summed E-state index contributed by atoms with van der Waals surface area (Å²) in [5.74, 6) is 0. The second kappa shape index (κ2) is 5.55. The van der Waals surface area contributed by atoms with Gasteiger partial charge in [0.05, 0.1) is 28.9 Å². The van der Waals surface area contributed by atoms with Crippen molar-refractivity contribution < 1.29 is 0 Å². The fourth-order valence-corrected chi connectivity index (χ4v) is 3.13. The summed E-state index contributed by atoms with van der Waals surface area (Å²) in [7, 11) is 2.06. The number of thiazole rings is 1. The molecule has 0 saturated carbocycles. The highest BCUT2D eigenvalue weighted by atomic mass is 32.1. The van der Waals surface area contributed by atoms with E-state index in [-0.39, 0.29) is 0 Å². The summed E-state index contributed by atoms with van der Waals surface area (Å²) in [5.41, 5.74) is 2.91. The second-order valence-electron chi connectivity index (χ2n) is 5.00. The molecule has 0 saturated heterocycles. The number of hydrogen-bond donors (Lipinski definition) is 0. The predicted octanol–water partition coefficient (Wildman–Crippen LogP) is 4.11. The summed E-state index contributed by atoms with van der Waals surface area (Å²) in [6.45, 7) is 2.78. The van der Waals surface area contributed by atoms with Crippen LogP contribution >= 0.6 is 11.3 Å². The average Bonchev–Trinajstić information content (AvgIpc) is 2.91. The molecule has 0 atom stereocenters. The lowest BCUT2D eigenvalue weighted by Gasteiger charge is -2.20. The smallest absolute Gasteiger partial charge is 0.0998 e. The molecule has 0 N–H and O–H groups in total. The monoisotopic (exact) mass is 293 g/mol. The number of aromatic nitrogens is 1. The molecule has 0 bridgehead atoms. The number of aryl methyl sites for hydroxylation is 1.